The molecule has 0 bridgehead atoms. The smallest absolute Gasteiger partial charge is 0.0249 e. The monoisotopic (exact) mass is 213 g/mol. The maximum Gasteiger partial charge on any atom is 0.0249 e. The predicted octanol–water partition coefficient (Wildman–Crippen LogP) is 3.05. The van der Waals surface area contributed by atoms with E-state index < -0.39 is 0 Å². The van der Waals surface area contributed by atoms with Gasteiger partial charge in [-0.2, -0.15) is 11.8 Å². The molecule has 1 saturated heterocycles. The van der Waals surface area contributed by atoms with Crippen molar-refractivity contribution in [3.8, 4) is 0 Å². The van der Waals surface area contributed by atoms with E-state index in [9.17, 15) is 0 Å². The number of hydrogen-bond acceptors (Lipinski definition) is 2. The Morgan fingerprint density at radius 1 is 1.14 bits per heavy atom. The van der Waals surface area contributed by atoms with Crippen molar-refractivity contribution in [1.29, 1.82) is 0 Å². The molecule has 0 aromatic rings. The minimum atomic E-state index is 0.608. The molecule has 14 heavy (non-hydrogen) atoms. The summed E-state index contributed by atoms with van der Waals surface area (Å²) in [5.41, 5.74) is 0.608. The van der Waals surface area contributed by atoms with Gasteiger partial charge in [-0.1, -0.05) is 32.6 Å². The number of thioether (sulfide) groups is 1. The van der Waals surface area contributed by atoms with E-state index in [1.807, 2.05) is 0 Å². The molecule has 0 unspecified atom stereocenters. The molecule has 82 valence electrons. The molecule has 0 aromatic heterocycles. The summed E-state index contributed by atoms with van der Waals surface area (Å²) < 4.78 is 0. The molecule has 1 aliphatic heterocycles. The molecule has 0 aromatic carbocycles. The lowest BCUT2D eigenvalue weighted by atomic mass is 9.82. The molecule has 0 spiro atoms. The van der Waals surface area contributed by atoms with Crippen LogP contribution in [0.1, 0.15) is 45.4 Å². The highest BCUT2D eigenvalue weighted by atomic mass is 32.2. The van der Waals surface area contributed by atoms with Gasteiger partial charge in [0, 0.05) is 24.1 Å². The van der Waals surface area contributed by atoms with Crippen molar-refractivity contribution in [2.75, 3.05) is 18.1 Å². The lowest BCUT2D eigenvalue weighted by Gasteiger charge is -2.34. The zero-order chi connectivity index (χ0) is 9.86. The van der Waals surface area contributed by atoms with Gasteiger partial charge in [0.25, 0.3) is 0 Å². The molecule has 1 saturated carbocycles. The summed E-state index contributed by atoms with van der Waals surface area (Å²) in [7, 11) is 0. The van der Waals surface area contributed by atoms with Gasteiger partial charge in [-0.25, -0.2) is 0 Å². The van der Waals surface area contributed by atoms with Crippen molar-refractivity contribution in [2.24, 2.45) is 5.41 Å². The lowest BCUT2D eigenvalue weighted by Crippen LogP contribution is -2.45. The van der Waals surface area contributed by atoms with Gasteiger partial charge in [-0.15, -0.1) is 0 Å². The van der Waals surface area contributed by atoms with Crippen molar-refractivity contribution >= 4 is 11.8 Å². The average Bonchev–Trinajstić information content (AvgIpc) is 2.28. The van der Waals surface area contributed by atoms with Gasteiger partial charge in [0.05, 0.1) is 0 Å². The minimum Gasteiger partial charge on any atom is -0.312 e. The van der Waals surface area contributed by atoms with Crippen LogP contribution in [0.2, 0.25) is 0 Å². The van der Waals surface area contributed by atoms with E-state index in [2.05, 4.69) is 24.0 Å². The molecule has 1 heterocycles. The quantitative estimate of drug-likeness (QED) is 0.723. The van der Waals surface area contributed by atoms with E-state index in [0.717, 1.165) is 6.04 Å². The van der Waals surface area contributed by atoms with E-state index in [1.54, 1.807) is 0 Å². The largest absolute Gasteiger partial charge is 0.312 e. The molecule has 0 amide bonds. The molecule has 0 radical (unpaired) electrons. The number of rotatable bonds is 3. The molecule has 2 heteroatoms. The van der Waals surface area contributed by atoms with Crippen LogP contribution < -0.4 is 5.32 Å². The normalized spacial score (nSPS) is 28.1. The summed E-state index contributed by atoms with van der Waals surface area (Å²) in [6.45, 7) is 3.75. The van der Waals surface area contributed by atoms with E-state index in [-0.39, 0.29) is 0 Å². The van der Waals surface area contributed by atoms with Crippen LogP contribution in [0.15, 0.2) is 0 Å². The second-order valence-electron chi connectivity index (χ2n) is 5.34. The average molecular weight is 213 g/mol. The summed E-state index contributed by atoms with van der Waals surface area (Å²) >= 11 is 2.07. The van der Waals surface area contributed by atoms with Gasteiger partial charge in [-0.3, -0.25) is 0 Å². The number of nitrogens with one attached hydrogen (secondary N) is 1. The fraction of sp³-hybridized carbons (Fsp3) is 1.00. The van der Waals surface area contributed by atoms with Crippen molar-refractivity contribution < 1.29 is 0 Å². The molecule has 0 atom stereocenters. The topological polar surface area (TPSA) is 12.0 Å². The van der Waals surface area contributed by atoms with Gasteiger partial charge >= 0.3 is 0 Å². The Balaban J connectivity index is 1.74. The van der Waals surface area contributed by atoms with Gasteiger partial charge < -0.3 is 5.32 Å². The van der Waals surface area contributed by atoms with Crippen molar-refractivity contribution in [1.82, 2.24) is 5.32 Å². The summed E-state index contributed by atoms with van der Waals surface area (Å²) in [6, 6.07) is 0.833. The van der Waals surface area contributed by atoms with Crippen LogP contribution in [-0.4, -0.2) is 24.1 Å². The third-order valence-electron chi connectivity index (χ3n) is 3.77. The summed E-state index contributed by atoms with van der Waals surface area (Å²) in [4.78, 5) is 0. The third kappa shape index (κ3) is 2.90. The minimum absolute atomic E-state index is 0.608. The van der Waals surface area contributed by atoms with Crippen molar-refractivity contribution in [3.05, 3.63) is 0 Å². The van der Waals surface area contributed by atoms with Crippen LogP contribution in [-0.2, 0) is 0 Å². The molecule has 1 aliphatic carbocycles. The van der Waals surface area contributed by atoms with E-state index >= 15 is 0 Å². The highest BCUT2D eigenvalue weighted by Gasteiger charge is 2.27. The Bertz CT molecular complexity index is 169. The van der Waals surface area contributed by atoms with E-state index in [1.165, 1.54) is 56.6 Å². The third-order valence-corrected chi connectivity index (χ3v) is 5.04. The van der Waals surface area contributed by atoms with Crippen molar-refractivity contribution in [3.63, 3.8) is 0 Å². The Labute approximate surface area is 92.4 Å². The van der Waals surface area contributed by atoms with Crippen LogP contribution in [0.3, 0.4) is 0 Å². The van der Waals surface area contributed by atoms with Crippen LogP contribution in [0.4, 0.5) is 0 Å². The Kier molecular flexibility index (Phi) is 3.78. The van der Waals surface area contributed by atoms with Gasteiger partial charge in [-0.05, 0) is 18.3 Å². The standard InChI is InChI=1S/C12H23NS/c1-12(6-4-2-3-5-7-12)10-13-11-8-14-9-11/h11,13H,2-10H2,1H3. The SMILES string of the molecule is CC1(CNC2CSC2)CCCCCC1. The molecule has 1 nitrogen and oxygen atoms in total. The van der Waals surface area contributed by atoms with E-state index in [4.69, 9.17) is 0 Å². The van der Waals surface area contributed by atoms with Crippen LogP contribution >= 0.6 is 11.8 Å². The maximum atomic E-state index is 3.74. The summed E-state index contributed by atoms with van der Waals surface area (Å²) in [5, 5.41) is 3.74. The Hall–Kier alpha value is 0.310. The first kappa shape index (κ1) is 10.8. The second-order valence-corrected chi connectivity index (χ2v) is 6.42. The first-order chi connectivity index (χ1) is 6.79. The van der Waals surface area contributed by atoms with Crippen molar-refractivity contribution in [2.45, 2.75) is 51.5 Å². The molecule has 2 aliphatic rings. The maximum absolute atomic E-state index is 3.74. The molecular weight excluding hydrogens is 190 g/mol. The van der Waals surface area contributed by atoms with Gasteiger partial charge in [0.2, 0.25) is 0 Å². The zero-order valence-corrected chi connectivity index (χ0v) is 10.2. The lowest BCUT2D eigenvalue weighted by molar-refractivity contribution is 0.255. The Morgan fingerprint density at radius 3 is 2.29 bits per heavy atom. The van der Waals surface area contributed by atoms with Gasteiger partial charge in [0.1, 0.15) is 0 Å². The first-order valence-corrected chi connectivity index (χ1v) is 7.25. The predicted molar refractivity (Wildman–Crippen MR) is 64.9 cm³/mol. The zero-order valence-electron chi connectivity index (χ0n) is 9.35. The first-order valence-electron chi connectivity index (χ1n) is 6.10. The molecule has 2 rings (SSSR count). The second kappa shape index (κ2) is 4.89. The summed E-state index contributed by atoms with van der Waals surface area (Å²) in [6.07, 6.45) is 8.73. The fourth-order valence-electron chi connectivity index (χ4n) is 2.50. The molecule has 2 fully saturated rings. The van der Waals surface area contributed by atoms with Crippen LogP contribution in [0.5, 0.6) is 0 Å². The highest BCUT2D eigenvalue weighted by Crippen LogP contribution is 2.34. The Morgan fingerprint density at radius 2 is 1.79 bits per heavy atom. The van der Waals surface area contributed by atoms with Gasteiger partial charge in [0.15, 0.2) is 0 Å². The van der Waals surface area contributed by atoms with Crippen LogP contribution in [0.25, 0.3) is 0 Å². The molecule has 1 N–H and O–H groups in total. The molecular formula is C12H23NS. The number of hydrogen-bond donors (Lipinski definition) is 1. The fourth-order valence-corrected chi connectivity index (χ4v) is 3.21. The highest BCUT2D eigenvalue weighted by molar-refractivity contribution is 8.00. The summed E-state index contributed by atoms with van der Waals surface area (Å²) in [5.74, 6) is 2.69. The van der Waals surface area contributed by atoms with Crippen LogP contribution in [0, 0.1) is 5.41 Å². The van der Waals surface area contributed by atoms with E-state index in [0.29, 0.717) is 5.41 Å².